The minimum atomic E-state index is -5.77. The van der Waals surface area contributed by atoms with Crippen LogP contribution in [-0.4, -0.2) is 28.7 Å². The zero-order chi connectivity index (χ0) is 21.1. The van der Waals surface area contributed by atoms with Crippen LogP contribution >= 0.6 is 0 Å². The number of H-pyrrole nitrogens is 1. The molecule has 1 aromatic heterocycles. The minimum absolute atomic E-state index is 0.119. The van der Waals surface area contributed by atoms with Crippen molar-refractivity contribution in [2.24, 2.45) is 0 Å². The van der Waals surface area contributed by atoms with Crippen LogP contribution in [0.5, 0.6) is 5.75 Å². The Morgan fingerprint density at radius 3 is 2.32 bits per heavy atom. The second-order valence-electron chi connectivity index (χ2n) is 5.52. The maximum absolute atomic E-state index is 13.2. The fourth-order valence-electron chi connectivity index (χ4n) is 2.07. The highest BCUT2D eigenvalue weighted by Gasteiger charge is 2.59. The summed E-state index contributed by atoms with van der Waals surface area (Å²) in [6.07, 6.45) is -12.4. The number of hydrogen-bond donors (Lipinski definition) is 1. The molecule has 0 aliphatic rings. The number of nitrogens with one attached hydrogen (secondary N) is 1. The van der Waals surface area contributed by atoms with Crippen molar-refractivity contribution in [3.05, 3.63) is 57.0 Å². The number of nitrogens with zero attached hydrogens (tertiary/aromatic N) is 2. The Bertz CT molecular complexity index is 974. The van der Waals surface area contributed by atoms with Crippen LogP contribution in [0.25, 0.3) is 12.2 Å². The first-order chi connectivity index (χ1) is 13.0. The van der Waals surface area contributed by atoms with E-state index in [0.717, 1.165) is 12.1 Å². The van der Waals surface area contributed by atoms with Crippen molar-refractivity contribution in [2.75, 3.05) is 0 Å². The number of aromatic amines is 1. The largest absolute Gasteiger partial charge is 0.439 e. The Balaban J connectivity index is 2.17. The number of halogens is 6. The highest BCUT2D eigenvalue weighted by atomic mass is 19.4. The number of hydrogen-bond acceptors (Lipinski definition) is 4. The second kappa shape index (κ2) is 7.75. The molecule has 0 saturated heterocycles. The summed E-state index contributed by atoms with van der Waals surface area (Å²) in [5.74, 6) is -0.667. The number of benzene rings is 1. The van der Waals surface area contributed by atoms with Crippen LogP contribution in [0, 0.1) is 18.3 Å². The van der Waals surface area contributed by atoms with Crippen molar-refractivity contribution >= 4 is 12.2 Å². The first kappa shape index (κ1) is 21.0. The van der Waals surface area contributed by atoms with Gasteiger partial charge in [-0.3, -0.25) is 4.79 Å². The third-order valence-corrected chi connectivity index (χ3v) is 3.53. The van der Waals surface area contributed by atoms with E-state index in [1.807, 2.05) is 0 Å². The molecule has 1 aromatic carbocycles. The predicted octanol–water partition coefficient (Wildman–Crippen LogP) is 3.99. The molecule has 0 aliphatic carbocycles. The van der Waals surface area contributed by atoms with Crippen LogP contribution in [0.1, 0.15) is 22.4 Å². The van der Waals surface area contributed by atoms with Gasteiger partial charge >= 0.3 is 12.3 Å². The van der Waals surface area contributed by atoms with Crippen LogP contribution in [0.2, 0.25) is 0 Å². The summed E-state index contributed by atoms with van der Waals surface area (Å²) in [5.41, 5.74) is 0.238. The summed E-state index contributed by atoms with van der Waals surface area (Å²) in [5, 5.41) is 14.8. The Morgan fingerprint density at radius 2 is 1.79 bits per heavy atom. The minimum Gasteiger partial charge on any atom is -0.430 e. The van der Waals surface area contributed by atoms with Crippen LogP contribution in [0.4, 0.5) is 26.3 Å². The van der Waals surface area contributed by atoms with E-state index in [0.29, 0.717) is 11.1 Å². The Hall–Kier alpha value is -3.29. The van der Waals surface area contributed by atoms with Gasteiger partial charge in [-0.05, 0) is 36.3 Å². The van der Waals surface area contributed by atoms with Gasteiger partial charge in [0.2, 0.25) is 0 Å². The van der Waals surface area contributed by atoms with Crippen LogP contribution in [0.3, 0.4) is 0 Å². The van der Waals surface area contributed by atoms with E-state index in [4.69, 9.17) is 5.26 Å². The molecule has 0 bridgehead atoms. The number of aromatic nitrogens is 2. The van der Waals surface area contributed by atoms with Crippen molar-refractivity contribution < 1.29 is 31.1 Å². The smallest absolute Gasteiger partial charge is 0.430 e. The molecule has 0 spiro atoms. The third-order valence-electron chi connectivity index (χ3n) is 3.53. The van der Waals surface area contributed by atoms with Crippen molar-refractivity contribution in [3.8, 4) is 11.8 Å². The zero-order valence-corrected chi connectivity index (χ0v) is 14.0. The lowest BCUT2D eigenvalue weighted by Gasteiger charge is -2.23. The summed E-state index contributed by atoms with van der Waals surface area (Å²) >= 11 is 0. The topological polar surface area (TPSA) is 78.8 Å². The molecule has 0 saturated carbocycles. The summed E-state index contributed by atoms with van der Waals surface area (Å²) in [6.45, 7) is 1.51. The average molecular weight is 403 g/mol. The van der Waals surface area contributed by atoms with Gasteiger partial charge in [0, 0.05) is 0 Å². The molecule has 1 atom stereocenters. The van der Waals surface area contributed by atoms with Crippen LogP contribution in [0.15, 0.2) is 29.1 Å². The maximum atomic E-state index is 13.2. The molecule has 1 N–H and O–H groups in total. The lowest BCUT2D eigenvalue weighted by Crippen LogP contribution is -2.45. The Morgan fingerprint density at radius 1 is 1.18 bits per heavy atom. The van der Waals surface area contributed by atoms with E-state index in [2.05, 4.69) is 14.9 Å². The molecule has 2 aromatic rings. The fraction of sp³-hybridized carbons (Fsp3) is 0.235. The maximum Gasteiger partial charge on any atom is 0.439 e. The summed E-state index contributed by atoms with van der Waals surface area (Å²) in [4.78, 5) is 11.4. The van der Waals surface area contributed by atoms with Gasteiger partial charge < -0.3 is 4.74 Å². The van der Waals surface area contributed by atoms with Gasteiger partial charge in [0.25, 0.3) is 11.7 Å². The molecule has 28 heavy (non-hydrogen) atoms. The monoisotopic (exact) mass is 403 g/mol. The number of nitriles is 1. The van der Waals surface area contributed by atoms with E-state index < -0.39 is 29.8 Å². The van der Waals surface area contributed by atoms with Gasteiger partial charge in [-0.1, -0.05) is 18.2 Å². The van der Waals surface area contributed by atoms with Gasteiger partial charge in [0.1, 0.15) is 17.4 Å². The summed E-state index contributed by atoms with van der Waals surface area (Å²) in [7, 11) is 0. The number of rotatable bonds is 5. The Kier molecular flexibility index (Phi) is 5.82. The highest BCUT2D eigenvalue weighted by molar-refractivity contribution is 5.70. The molecule has 11 heteroatoms. The van der Waals surface area contributed by atoms with E-state index in [9.17, 15) is 31.1 Å². The van der Waals surface area contributed by atoms with E-state index in [1.165, 1.54) is 31.2 Å². The number of alkyl halides is 6. The van der Waals surface area contributed by atoms with Gasteiger partial charge in [0.15, 0.2) is 0 Å². The molecule has 0 radical (unpaired) electrons. The van der Waals surface area contributed by atoms with Crippen molar-refractivity contribution in [1.82, 2.24) is 10.2 Å². The second-order valence-corrected chi connectivity index (χ2v) is 5.52. The predicted molar refractivity (Wildman–Crippen MR) is 86.2 cm³/mol. The van der Waals surface area contributed by atoms with Gasteiger partial charge in [-0.25, -0.2) is 9.49 Å². The fourth-order valence-corrected chi connectivity index (χ4v) is 2.07. The molecule has 0 amide bonds. The standard InChI is InChI=1S/C17H11F6N3O2/c1-9-12(8-24)14(27)26-25-13(9)7-4-10-2-5-11(6-3-10)28-17(22,23)15(18)16(19,20)21/h2-7,15H,1H3,(H,26,27)/b7-4+/t15-/m0/s1. The van der Waals surface area contributed by atoms with Crippen LogP contribution < -0.4 is 10.3 Å². The first-order valence-electron chi connectivity index (χ1n) is 7.51. The molecule has 2 rings (SSSR count). The molecule has 0 aliphatic heterocycles. The number of ether oxygens (including phenoxy) is 1. The molecule has 148 valence electrons. The summed E-state index contributed by atoms with van der Waals surface area (Å²) in [6, 6.07) is 6.07. The molecule has 0 fully saturated rings. The third kappa shape index (κ3) is 4.70. The van der Waals surface area contributed by atoms with Gasteiger partial charge in [0.05, 0.1) is 5.69 Å². The zero-order valence-electron chi connectivity index (χ0n) is 14.0. The average Bonchev–Trinajstić information content (AvgIpc) is 2.61. The van der Waals surface area contributed by atoms with Crippen molar-refractivity contribution in [1.29, 1.82) is 5.26 Å². The van der Waals surface area contributed by atoms with Crippen molar-refractivity contribution in [3.63, 3.8) is 0 Å². The lowest BCUT2D eigenvalue weighted by molar-refractivity contribution is -0.304. The SMILES string of the molecule is Cc1c(/C=C/c2ccc(OC(F)(F)[C@@H](F)C(F)(F)F)cc2)n[nH]c(=O)c1C#N. The van der Waals surface area contributed by atoms with Crippen LogP contribution in [-0.2, 0) is 0 Å². The molecule has 0 unspecified atom stereocenters. The molecule has 1 heterocycles. The van der Waals surface area contributed by atoms with Gasteiger partial charge in [-0.2, -0.15) is 32.3 Å². The first-order valence-corrected chi connectivity index (χ1v) is 7.51. The Labute approximate surface area is 153 Å². The quantitative estimate of drug-likeness (QED) is 0.766. The van der Waals surface area contributed by atoms with Crippen molar-refractivity contribution in [2.45, 2.75) is 25.4 Å². The summed E-state index contributed by atoms with van der Waals surface area (Å²) < 4.78 is 79.4. The lowest BCUT2D eigenvalue weighted by atomic mass is 10.1. The molecular weight excluding hydrogens is 392 g/mol. The highest BCUT2D eigenvalue weighted by Crippen LogP contribution is 2.36. The van der Waals surface area contributed by atoms with E-state index >= 15 is 0 Å². The van der Waals surface area contributed by atoms with E-state index in [1.54, 1.807) is 6.07 Å². The molecule has 5 nitrogen and oxygen atoms in total. The normalized spacial score (nSPS) is 13.4. The molecular formula is C17H11F6N3O2. The van der Waals surface area contributed by atoms with Gasteiger partial charge in [-0.15, -0.1) is 0 Å². The van der Waals surface area contributed by atoms with E-state index in [-0.39, 0.29) is 11.3 Å².